The standard InChI is InChI=1S/C16H25NO/c1-5-13(4)12-17(7-3)15-11-9-8-10-14(15)16(18)6-2/h8-11,13H,5-7,12H2,1-4H3. The van der Waals surface area contributed by atoms with Crippen molar-refractivity contribution in [3.63, 3.8) is 0 Å². The second kappa shape index (κ2) is 7.20. The zero-order valence-corrected chi connectivity index (χ0v) is 12.1. The summed E-state index contributed by atoms with van der Waals surface area (Å²) in [5, 5.41) is 0. The average molecular weight is 247 g/mol. The first-order chi connectivity index (χ1) is 8.63. The molecule has 0 radical (unpaired) electrons. The first-order valence-electron chi connectivity index (χ1n) is 7.01. The van der Waals surface area contributed by atoms with Crippen molar-refractivity contribution in [1.29, 1.82) is 0 Å². The Hall–Kier alpha value is -1.31. The normalized spacial score (nSPS) is 12.2. The lowest BCUT2D eigenvalue weighted by molar-refractivity contribution is 0.0988. The second-order valence-electron chi connectivity index (χ2n) is 4.85. The monoisotopic (exact) mass is 247 g/mol. The molecule has 0 spiro atoms. The van der Waals surface area contributed by atoms with Crippen LogP contribution in [-0.4, -0.2) is 18.9 Å². The highest BCUT2D eigenvalue weighted by molar-refractivity contribution is 6.01. The third-order valence-electron chi connectivity index (χ3n) is 3.48. The third-order valence-corrected chi connectivity index (χ3v) is 3.48. The number of hydrogen-bond acceptors (Lipinski definition) is 2. The van der Waals surface area contributed by atoms with Gasteiger partial charge in [-0.05, 0) is 25.0 Å². The van der Waals surface area contributed by atoms with E-state index in [2.05, 4.69) is 31.7 Å². The molecule has 18 heavy (non-hydrogen) atoms. The lowest BCUT2D eigenvalue weighted by atomic mass is 10.0. The Morgan fingerprint density at radius 3 is 2.44 bits per heavy atom. The lowest BCUT2D eigenvalue weighted by Crippen LogP contribution is -2.29. The predicted molar refractivity (Wildman–Crippen MR) is 78.4 cm³/mol. The third kappa shape index (κ3) is 3.59. The molecule has 0 amide bonds. The molecule has 1 rings (SSSR count). The molecule has 0 heterocycles. The molecule has 0 N–H and O–H groups in total. The molecule has 100 valence electrons. The molecule has 2 nitrogen and oxygen atoms in total. The van der Waals surface area contributed by atoms with Crippen LogP contribution in [0.1, 0.15) is 50.9 Å². The van der Waals surface area contributed by atoms with Crippen molar-refractivity contribution < 1.29 is 4.79 Å². The maximum atomic E-state index is 12.0. The van der Waals surface area contributed by atoms with E-state index in [1.165, 1.54) is 6.42 Å². The van der Waals surface area contributed by atoms with Crippen LogP contribution in [0.15, 0.2) is 24.3 Å². The number of para-hydroxylation sites is 1. The second-order valence-corrected chi connectivity index (χ2v) is 4.85. The molecule has 0 aliphatic heterocycles. The van der Waals surface area contributed by atoms with Crippen LogP contribution in [-0.2, 0) is 0 Å². The number of rotatable bonds is 7. The van der Waals surface area contributed by atoms with Gasteiger partial charge < -0.3 is 4.90 Å². The molecule has 1 unspecified atom stereocenters. The molecule has 1 aromatic carbocycles. The molecule has 0 fully saturated rings. The quantitative estimate of drug-likeness (QED) is 0.675. The van der Waals surface area contributed by atoms with Gasteiger partial charge in [-0.2, -0.15) is 0 Å². The van der Waals surface area contributed by atoms with Gasteiger partial charge in [-0.25, -0.2) is 0 Å². The minimum absolute atomic E-state index is 0.230. The first-order valence-corrected chi connectivity index (χ1v) is 7.01. The Morgan fingerprint density at radius 1 is 1.22 bits per heavy atom. The maximum absolute atomic E-state index is 12.0. The van der Waals surface area contributed by atoms with E-state index >= 15 is 0 Å². The van der Waals surface area contributed by atoms with E-state index in [0.717, 1.165) is 24.3 Å². The van der Waals surface area contributed by atoms with Crippen molar-refractivity contribution in [2.45, 2.75) is 40.5 Å². The van der Waals surface area contributed by atoms with Crippen LogP contribution in [0.5, 0.6) is 0 Å². The summed E-state index contributed by atoms with van der Waals surface area (Å²) in [5.41, 5.74) is 1.96. The number of anilines is 1. The summed E-state index contributed by atoms with van der Waals surface area (Å²) in [6, 6.07) is 7.97. The molecular weight excluding hydrogens is 222 g/mol. The SMILES string of the molecule is CCC(=O)c1ccccc1N(CC)CC(C)CC. The van der Waals surface area contributed by atoms with E-state index in [0.29, 0.717) is 12.3 Å². The van der Waals surface area contributed by atoms with E-state index in [1.807, 2.05) is 25.1 Å². The molecule has 0 saturated carbocycles. The Balaban J connectivity index is 3.01. The summed E-state index contributed by atoms with van der Waals surface area (Å²) in [6.07, 6.45) is 1.73. The molecule has 0 aliphatic carbocycles. The van der Waals surface area contributed by atoms with Crippen molar-refractivity contribution in [2.24, 2.45) is 5.92 Å². The van der Waals surface area contributed by atoms with Gasteiger partial charge in [0.05, 0.1) is 0 Å². The molecular formula is C16H25NO. The largest absolute Gasteiger partial charge is 0.371 e. The summed E-state index contributed by atoms with van der Waals surface area (Å²) >= 11 is 0. The molecule has 2 heteroatoms. The van der Waals surface area contributed by atoms with Gasteiger partial charge in [-0.1, -0.05) is 39.3 Å². The van der Waals surface area contributed by atoms with E-state index in [4.69, 9.17) is 0 Å². The van der Waals surface area contributed by atoms with Crippen molar-refractivity contribution in [1.82, 2.24) is 0 Å². The zero-order valence-electron chi connectivity index (χ0n) is 12.1. The van der Waals surface area contributed by atoms with Crippen LogP contribution in [0.25, 0.3) is 0 Å². The summed E-state index contributed by atoms with van der Waals surface area (Å²) in [4.78, 5) is 14.3. The highest BCUT2D eigenvalue weighted by Gasteiger charge is 2.15. The fourth-order valence-electron chi connectivity index (χ4n) is 2.08. The van der Waals surface area contributed by atoms with Crippen LogP contribution in [0.3, 0.4) is 0 Å². The van der Waals surface area contributed by atoms with Gasteiger partial charge in [-0.15, -0.1) is 0 Å². The fraction of sp³-hybridized carbons (Fsp3) is 0.562. The molecule has 0 aliphatic rings. The van der Waals surface area contributed by atoms with Gasteiger partial charge in [0.25, 0.3) is 0 Å². The van der Waals surface area contributed by atoms with Gasteiger partial charge in [0.1, 0.15) is 0 Å². The summed E-state index contributed by atoms with van der Waals surface area (Å²) < 4.78 is 0. The minimum Gasteiger partial charge on any atom is -0.371 e. The highest BCUT2D eigenvalue weighted by Crippen LogP contribution is 2.23. The van der Waals surface area contributed by atoms with Crippen molar-refractivity contribution in [3.8, 4) is 0 Å². The summed E-state index contributed by atoms with van der Waals surface area (Å²) in [7, 11) is 0. The summed E-state index contributed by atoms with van der Waals surface area (Å²) in [6.45, 7) is 10.5. The van der Waals surface area contributed by atoms with Gasteiger partial charge in [-0.3, -0.25) is 4.79 Å². The van der Waals surface area contributed by atoms with Crippen LogP contribution in [0.2, 0.25) is 0 Å². The van der Waals surface area contributed by atoms with Crippen molar-refractivity contribution >= 4 is 11.5 Å². The zero-order chi connectivity index (χ0) is 13.5. The molecule has 0 saturated heterocycles. The number of hydrogen-bond donors (Lipinski definition) is 0. The van der Waals surface area contributed by atoms with Crippen molar-refractivity contribution in [3.05, 3.63) is 29.8 Å². The summed E-state index contributed by atoms with van der Waals surface area (Å²) in [5.74, 6) is 0.878. The molecule has 0 bridgehead atoms. The van der Waals surface area contributed by atoms with Crippen LogP contribution in [0.4, 0.5) is 5.69 Å². The Kier molecular flexibility index (Phi) is 5.90. The number of nitrogens with zero attached hydrogens (tertiary/aromatic N) is 1. The Bertz CT molecular complexity index is 386. The highest BCUT2D eigenvalue weighted by atomic mass is 16.1. The number of ketones is 1. The Labute approximate surface area is 111 Å². The van der Waals surface area contributed by atoms with Gasteiger partial charge in [0.15, 0.2) is 5.78 Å². The predicted octanol–water partition coefficient (Wildman–Crippen LogP) is 4.15. The van der Waals surface area contributed by atoms with Crippen LogP contribution in [0, 0.1) is 5.92 Å². The number of carbonyl (C=O) groups is 1. The van der Waals surface area contributed by atoms with Gasteiger partial charge in [0.2, 0.25) is 0 Å². The fourth-order valence-corrected chi connectivity index (χ4v) is 2.08. The lowest BCUT2D eigenvalue weighted by Gasteiger charge is -2.28. The van der Waals surface area contributed by atoms with E-state index < -0.39 is 0 Å². The molecule has 0 aromatic heterocycles. The smallest absolute Gasteiger partial charge is 0.164 e. The number of carbonyl (C=O) groups excluding carboxylic acids is 1. The average Bonchev–Trinajstić information content (AvgIpc) is 2.43. The van der Waals surface area contributed by atoms with Gasteiger partial charge >= 0.3 is 0 Å². The minimum atomic E-state index is 0.230. The molecule has 1 aromatic rings. The van der Waals surface area contributed by atoms with Crippen LogP contribution >= 0.6 is 0 Å². The van der Waals surface area contributed by atoms with Crippen molar-refractivity contribution in [2.75, 3.05) is 18.0 Å². The van der Waals surface area contributed by atoms with E-state index in [-0.39, 0.29) is 5.78 Å². The number of benzene rings is 1. The molecule has 1 atom stereocenters. The first kappa shape index (κ1) is 14.7. The van der Waals surface area contributed by atoms with E-state index in [1.54, 1.807) is 0 Å². The topological polar surface area (TPSA) is 20.3 Å². The van der Waals surface area contributed by atoms with Crippen LogP contribution < -0.4 is 4.90 Å². The maximum Gasteiger partial charge on any atom is 0.164 e. The Morgan fingerprint density at radius 2 is 1.89 bits per heavy atom. The van der Waals surface area contributed by atoms with E-state index in [9.17, 15) is 4.79 Å². The van der Waals surface area contributed by atoms with Gasteiger partial charge in [0, 0.05) is 30.8 Å². The number of Topliss-reactive ketones (excluding diaryl/α,β-unsaturated/α-hetero) is 1.